The van der Waals surface area contributed by atoms with Gasteiger partial charge in [0.25, 0.3) is 0 Å². The first-order valence-corrected chi connectivity index (χ1v) is 5.26. The average Bonchev–Trinajstić information content (AvgIpc) is 2.73. The average molecular weight is 221 g/mol. The largest absolute Gasteiger partial charge is 0.338 e. The van der Waals surface area contributed by atoms with Crippen molar-refractivity contribution in [1.29, 1.82) is 0 Å². The molecule has 0 saturated heterocycles. The Kier molecular flexibility index (Phi) is 1.50. The van der Waals surface area contributed by atoms with E-state index in [1.807, 2.05) is 24.3 Å². The summed E-state index contributed by atoms with van der Waals surface area (Å²) in [6.07, 6.45) is 3.15. The predicted octanol–water partition coefficient (Wildman–Crippen LogP) is 2.05. The highest BCUT2D eigenvalue weighted by atomic mass is 15.0. The summed E-state index contributed by atoms with van der Waals surface area (Å²) >= 11 is 0. The minimum Gasteiger partial charge on any atom is -0.338 e. The zero-order valence-electron chi connectivity index (χ0n) is 8.75. The molecule has 0 amide bonds. The molecule has 0 aliphatic carbocycles. The molecule has 0 fully saturated rings. The van der Waals surface area contributed by atoms with Crippen molar-refractivity contribution in [2.75, 3.05) is 0 Å². The van der Waals surface area contributed by atoms with Gasteiger partial charge in [0.05, 0.1) is 6.20 Å². The van der Waals surface area contributed by atoms with Crippen LogP contribution >= 0.6 is 0 Å². The Hall–Kier alpha value is -2.56. The van der Waals surface area contributed by atoms with Crippen LogP contribution in [0.2, 0.25) is 0 Å². The Morgan fingerprint density at radius 3 is 3.00 bits per heavy atom. The number of nitrogens with zero attached hydrogens (tertiary/aromatic N) is 4. The summed E-state index contributed by atoms with van der Waals surface area (Å²) in [6.45, 7) is 0. The van der Waals surface area contributed by atoms with E-state index in [1.165, 1.54) is 6.33 Å². The molecular formula is C12H7N5. The third kappa shape index (κ3) is 1.13. The summed E-state index contributed by atoms with van der Waals surface area (Å²) in [7, 11) is 0. The number of hydrogen-bond donors (Lipinski definition) is 1. The van der Waals surface area contributed by atoms with Crippen molar-refractivity contribution in [3.8, 4) is 0 Å². The van der Waals surface area contributed by atoms with Gasteiger partial charge in [-0.3, -0.25) is 0 Å². The second-order valence-electron chi connectivity index (χ2n) is 3.82. The zero-order valence-corrected chi connectivity index (χ0v) is 8.75. The standard InChI is InChI=1S/C12H7N5/c1-2-4-8-7(3-1)10-12(15-8)16-9-5-13-6-14-11(9)17-10/h1-6H,(H,15,16). The topological polar surface area (TPSA) is 67.3 Å². The van der Waals surface area contributed by atoms with E-state index < -0.39 is 0 Å². The number of fused-ring (bicyclic) bond motifs is 4. The second-order valence-corrected chi connectivity index (χ2v) is 3.82. The lowest BCUT2D eigenvalue weighted by Crippen LogP contribution is -1.89. The van der Waals surface area contributed by atoms with Gasteiger partial charge in [-0.1, -0.05) is 18.2 Å². The molecule has 80 valence electrons. The lowest BCUT2D eigenvalue weighted by molar-refractivity contribution is 1.17. The van der Waals surface area contributed by atoms with Crippen LogP contribution in [-0.2, 0) is 0 Å². The van der Waals surface area contributed by atoms with Crippen molar-refractivity contribution in [1.82, 2.24) is 24.9 Å². The molecule has 0 spiro atoms. The van der Waals surface area contributed by atoms with Crippen molar-refractivity contribution in [3.05, 3.63) is 36.8 Å². The lowest BCUT2D eigenvalue weighted by Gasteiger charge is -1.94. The Bertz CT molecular complexity index is 843. The van der Waals surface area contributed by atoms with Gasteiger partial charge < -0.3 is 4.98 Å². The molecule has 17 heavy (non-hydrogen) atoms. The number of para-hydroxylation sites is 1. The van der Waals surface area contributed by atoms with E-state index in [9.17, 15) is 0 Å². The Morgan fingerprint density at radius 1 is 1.06 bits per heavy atom. The Morgan fingerprint density at radius 2 is 2.00 bits per heavy atom. The molecule has 1 aromatic carbocycles. The first-order chi connectivity index (χ1) is 8.42. The van der Waals surface area contributed by atoms with Crippen LogP contribution in [0.1, 0.15) is 0 Å². The van der Waals surface area contributed by atoms with Crippen molar-refractivity contribution < 1.29 is 0 Å². The van der Waals surface area contributed by atoms with E-state index >= 15 is 0 Å². The molecule has 0 saturated carbocycles. The van der Waals surface area contributed by atoms with Gasteiger partial charge >= 0.3 is 0 Å². The summed E-state index contributed by atoms with van der Waals surface area (Å²) < 4.78 is 0. The number of hydrogen-bond acceptors (Lipinski definition) is 4. The maximum atomic E-state index is 4.52. The fraction of sp³-hybridized carbons (Fsp3) is 0. The second kappa shape index (κ2) is 2.98. The van der Waals surface area contributed by atoms with Gasteiger partial charge in [-0.05, 0) is 6.07 Å². The Labute approximate surface area is 95.6 Å². The van der Waals surface area contributed by atoms with Crippen molar-refractivity contribution >= 4 is 33.2 Å². The summed E-state index contributed by atoms with van der Waals surface area (Å²) in [6, 6.07) is 8.00. The highest BCUT2D eigenvalue weighted by Gasteiger charge is 2.08. The van der Waals surface area contributed by atoms with E-state index in [-0.39, 0.29) is 0 Å². The first-order valence-electron chi connectivity index (χ1n) is 5.26. The van der Waals surface area contributed by atoms with Gasteiger partial charge in [0.1, 0.15) is 17.4 Å². The van der Waals surface area contributed by atoms with Gasteiger partial charge in [0.15, 0.2) is 11.3 Å². The number of rotatable bonds is 0. The third-order valence-corrected chi connectivity index (χ3v) is 2.78. The molecule has 5 nitrogen and oxygen atoms in total. The van der Waals surface area contributed by atoms with Gasteiger partial charge in [-0.25, -0.2) is 19.9 Å². The minimum atomic E-state index is 0.622. The van der Waals surface area contributed by atoms with Crippen LogP contribution in [0, 0.1) is 0 Å². The van der Waals surface area contributed by atoms with Gasteiger partial charge in [0, 0.05) is 10.9 Å². The smallest absolute Gasteiger partial charge is 0.182 e. The van der Waals surface area contributed by atoms with Crippen LogP contribution in [0.25, 0.3) is 33.2 Å². The predicted molar refractivity (Wildman–Crippen MR) is 64.5 cm³/mol. The van der Waals surface area contributed by atoms with E-state index in [0.29, 0.717) is 11.2 Å². The summed E-state index contributed by atoms with van der Waals surface area (Å²) in [5.41, 5.74) is 3.98. The minimum absolute atomic E-state index is 0.622. The van der Waals surface area contributed by atoms with Gasteiger partial charge in [0.2, 0.25) is 0 Å². The van der Waals surface area contributed by atoms with Crippen LogP contribution in [0.5, 0.6) is 0 Å². The molecule has 0 atom stereocenters. The molecule has 5 heteroatoms. The SMILES string of the molecule is c1ccc2c(c1)[nH]c1nc3cncnc3nc12. The van der Waals surface area contributed by atoms with E-state index in [1.54, 1.807) is 6.20 Å². The maximum Gasteiger partial charge on any atom is 0.182 e. The summed E-state index contributed by atoms with van der Waals surface area (Å²) in [4.78, 5) is 20.3. The van der Waals surface area contributed by atoms with Crippen molar-refractivity contribution in [2.24, 2.45) is 0 Å². The molecule has 0 unspecified atom stereocenters. The van der Waals surface area contributed by atoms with E-state index in [2.05, 4.69) is 24.9 Å². The highest BCUT2D eigenvalue weighted by molar-refractivity contribution is 6.05. The molecule has 0 radical (unpaired) electrons. The third-order valence-electron chi connectivity index (χ3n) is 2.78. The quantitative estimate of drug-likeness (QED) is 0.493. The Balaban J connectivity index is 2.28. The number of aromatic amines is 1. The van der Waals surface area contributed by atoms with Crippen LogP contribution in [-0.4, -0.2) is 24.9 Å². The number of benzene rings is 1. The van der Waals surface area contributed by atoms with Crippen LogP contribution in [0.4, 0.5) is 0 Å². The molecule has 0 aliphatic heterocycles. The summed E-state index contributed by atoms with van der Waals surface area (Å²) in [5, 5.41) is 1.07. The maximum absolute atomic E-state index is 4.52. The highest BCUT2D eigenvalue weighted by Crippen LogP contribution is 2.23. The molecule has 4 aromatic rings. The zero-order chi connectivity index (χ0) is 11.2. The molecular weight excluding hydrogens is 214 g/mol. The number of aromatic nitrogens is 5. The van der Waals surface area contributed by atoms with Gasteiger partial charge in [-0.2, -0.15) is 0 Å². The molecule has 3 heterocycles. The molecule has 4 rings (SSSR count). The molecule has 0 bridgehead atoms. The number of nitrogens with one attached hydrogen (secondary N) is 1. The van der Waals surface area contributed by atoms with Crippen LogP contribution in [0.15, 0.2) is 36.8 Å². The molecule has 1 N–H and O–H groups in total. The monoisotopic (exact) mass is 221 g/mol. The first kappa shape index (κ1) is 8.58. The van der Waals surface area contributed by atoms with Crippen molar-refractivity contribution in [2.45, 2.75) is 0 Å². The normalized spacial score (nSPS) is 11.5. The molecule has 0 aliphatic rings. The summed E-state index contributed by atoms with van der Waals surface area (Å²) in [5.74, 6) is 0. The van der Waals surface area contributed by atoms with Crippen LogP contribution in [0.3, 0.4) is 0 Å². The van der Waals surface area contributed by atoms with E-state index in [4.69, 9.17) is 0 Å². The lowest BCUT2D eigenvalue weighted by atomic mass is 10.2. The van der Waals surface area contributed by atoms with E-state index in [0.717, 1.165) is 22.1 Å². The molecule has 3 aromatic heterocycles. The van der Waals surface area contributed by atoms with Gasteiger partial charge in [-0.15, -0.1) is 0 Å². The van der Waals surface area contributed by atoms with Crippen molar-refractivity contribution in [3.63, 3.8) is 0 Å². The number of H-pyrrole nitrogens is 1. The van der Waals surface area contributed by atoms with Crippen LogP contribution < -0.4 is 0 Å². The fourth-order valence-corrected chi connectivity index (χ4v) is 2.01. The fourth-order valence-electron chi connectivity index (χ4n) is 2.01.